The van der Waals surface area contributed by atoms with Crippen LogP contribution in [0.15, 0.2) is 36.5 Å². The highest BCUT2D eigenvalue weighted by molar-refractivity contribution is 5.44. The van der Waals surface area contributed by atoms with Crippen LogP contribution in [0, 0.1) is 6.92 Å². The molecule has 58 valence electrons. The van der Waals surface area contributed by atoms with Crippen molar-refractivity contribution in [3.63, 3.8) is 0 Å². The molecule has 2 heteroatoms. The molecule has 0 aromatic carbocycles. The van der Waals surface area contributed by atoms with Crippen LogP contribution in [0.25, 0.3) is 0 Å². The standard InChI is InChI=1S/C7H8N2.C2H4/c1-6-4-3-5-9-7(6)8-2;1-2/h3-5H,2H2,1H3;1-2H2. The van der Waals surface area contributed by atoms with Crippen LogP contribution in [-0.4, -0.2) is 11.7 Å². The van der Waals surface area contributed by atoms with Crippen LogP contribution in [0.4, 0.5) is 5.82 Å². The second-order valence-corrected chi connectivity index (χ2v) is 1.80. The first-order valence-corrected chi connectivity index (χ1v) is 3.23. The van der Waals surface area contributed by atoms with Crippen LogP contribution in [0.2, 0.25) is 0 Å². The monoisotopic (exact) mass is 148 g/mol. The molecule has 0 aliphatic carbocycles. The Morgan fingerprint density at radius 1 is 1.45 bits per heavy atom. The van der Waals surface area contributed by atoms with Crippen molar-refractivity contribution in [2.45, 2.75) is 6.92 Å². The number of pyridine rings is 1. The first-order valence-electron chi connectivity index (χ1n) is 3.23. The predicted molar refractivity (Wildman–Crippen MR) is 49.4 cm³/mol. The second kappa shape index (κ2) is 5.35. The van der Waals surface area contributed by atoms with E-state index in [9.17, 15) is 0 Å². The number of hydrogen-bond donors (Lipinski definition) is 0. The summed E-state index contributed by atoms with van der Waals surface area (Å²) in [6, 6.07) is 3.83. The van der Waals surface area contributed by atoms with Gasteiger partial charge in [-0.15, -0.1) is 13.2 Å². The fourth-order valence-corrected chi connectivity index (χ4v) is 0.643. The van der Waals surface area contributed by atoms with Gasteiger partial charge in [-0.25, -0.2) is 9.98 Å². The summed E-state index contributed by atoms with van der Waals surface area (Å²) in [5.74, 6) is 0.720. The Morgan fingerprint density at radius 3 is 2.45 bits per heavy atom. The Balaban J connectivity index is 0.000000461. The molecule has 0 spiro atoms. The molecule has 0 saturated carbocycles. The molecule has 0 atom stereocenters. The van der Waals surface area contributed by atoms with E-state index in [0.717, 1.165) is 11.4 Å². The number of hydrogen-bond acceptors (Lipinski definition) is 2. The molecule has 0 N–H and O–H groups in total. The highest BCUT2D eigenvalue weighted by Gasteiger charge is 1.89. The van der Waals surface area contributed by atoms with Crippen LogP contribution in [0.5, 0.6) is 0 Å². The van der Waals surface area contributed by atoms with Gasteiger partial charge in [0, 0.05) is 6.20 Å². The lowest BCUT2D eigenvalue weighted by Gasteiger charge is -1.93. The summed E-state index contributed by atoms with van der Waals surface area (Å²) in [6.07, 6.45) is 1.71. The van der Waals surface area contributed by atoms with Gasteiger partial charge in [-0.3, -0.25) is 0 Å². The van der Waals surface area contributed by atoms with Crippen molar-refractivity contribution in [1.82, 2.24) is 4.98 Å². The second-order valence-electron chi connectivity index (χ2n) is 1.80. The van der Waals surface area contributed by atoms with E-state index in [1.165, 1.54) is 0 Å². The van der Waals surface area contributed by atoms with Gasteiger partial charge in [-0.05, 0) is 25.3 Å². The third kappa shape index (κ3) is 2.76. The van der Waals surface area contributed by atoms with E-state index in [1.54, 1.807) is 6.20 Å². The van der Waals surface area contributed by atoms with Gasteiger partial charge in [0.1, 0.15) is 0 Å². The number of aromatic nitrogens is 1. The smallest absolute Gasteiger partial charge is 0.154 e. The lowest BCUT2D eigenvalue weighted by Crippen LogP contribution is -1.75. The van der Waals surface area contributed by atoms with Crippen molar-refractivity contribution >= 4 is 12.5 Å². The van der Waals surface area contributed by atoms with Gasteiger partial charge in [0.15, 0.2) is 5.82 Å². The minimum absolute atomic E-state index is 0.720. The molecular formula is C9H12N2. The largest absolute Gasteiger partial charge is 0.245 e. The molecule has 0 aliphatic heterocycles. The highest BCUT2D eigenvalue weighted by atomic mass is 14.9. The Labute approximate surface area is 67.3 Å². The molecule has 0 fully saturated rings. The average Bonchev–Trinajstić information content (AvgIpc) is 2.09. The highest BCUT2D eigenvalue weighted by Crippen LogP contribution is 2.10. The van der Waals surface area contributed by atoms with E-state index in [4.69, 9.17) is 0 Å². The third-order valence-electron chi connectivity index (χ3n) is 1.13. The first kappa shape index (κ1) is 9.56. The summed E-state index contributed by atoms with van der Waals surface area (Å²) in [6.45, 7) is 11.3. The maximum Gasteiger partial charge on any atom is 0.154 e. The Hall–Kier alpha value is -1.44. The summed E-state index contributed by atoms with van der Waals surface area (Å²) >= 11 is 0. The molecule has 0 unspecified atom stereocenters. The van der Waals surface area contributed by atoms with Gasteiger partial charge in [0.25, 0.3) is 0 Å². The van der Waals surface area contributed by atoms with E-state index in [0.29, 0.717) is 0 Å². The molecule has 0 amide bonds. The Bertz CT molecular complexity index is 231. The van der Waals surface area contributed by atoms with Gasteiger partial charge in [0.2, 0.25) is 0 Å². The van der Waals surface area contributed by atoms with Crippen LogP contribution < -0.4 is 0 Å². The third-order valence-corrected chi connectivity index (χ3v) is 1.13. The van der Waals surface area contributed by atoms with E-state index >= 15 is 0 Å². The molecule has 11 heavy (non-hydrogen) atoms. The van der Waals surface area contributed by atoms with Crippen molar-refractivity contribution in [2.24, 2.45) is 4.99 Å². The molecule has 1 heterocycles. The van der Waals surface area contributed by atoms with Gasteiger partial charge in [0.05, 0.1) is 0 Å². The van der Waals surface area contributed by atoms with E-state index in [2.05, 4.69) is 29.9 Å². The molecule has 1 aromatic rings. The Kier molecular flexibility index (Phi) is 4.65. The molecule has 0 bridgehead atoms. The SMILES string of the molecule is C=C.C=Nc1ncccc1C. The summed E-state index contributed by atoms with van der Waals surface area (Å²) in [4.78, 5) is 7.68. The van der Waals surface area contributed by atoms with Gasteiger partial charge >= 0.3 is 0 Å². The van der Waals surface area contributed by atoms with Crippen molar-refractivity contribution in [1.29, 1.82) is 0 Å². The number of aryl methyl sites for hydroxylation is 1. The molecule has 1 aromatic heterocycles. The zero-order chi connectivity index (χ0) is 8.69. The van der Waals surface area contributed by atoms with E-state index in [-0.39, 0.29) is 0 Å². The number of rotatable bonds is 1. The van der Waals surface area contributed by atoms with Gasteiger partial charge < -0.3 is 0 Å². The van der Waals surface area contributed by atoms with Crippen molar-refractivity contribution in [2.75, 3.05) is 0 Å². The molecule has 1 rings (SSSR count). The Morgan fingerprint density at radius 2 is 2.09 bits per heavy atom. The predicted octanol–water partition coefficient (Wildman–Crippen LogP) is 2.52. The zero-order valence-corrected chi connectivity index (χ0v) is 6.75. The van der Waals surface area contributed by atoms with Crippen LogP contribution in [0.3, 0.4) is 0 Å². The minimum atomic E-state index is 0.720. The maximum absolute atomic E-state index is 3.97. The van der Waals surface area contributed by atoms with Crippen LogP contribution >= 0.6 is 0 Å². The van der Waals surface area contributed by atoms with Crippen LogP contribution in [0.1, 0.15) is 5.56 Å². The normalized spacial score (nSPS) is 7.73. The van der Waals surface area contributed by atoms with Crippen molar-refractivity contribution in [3.8, 4) is 0 Å². The van der Waals surface area contributed by atoms with Crippen molar-refractivity contribution in [3.05, 3.63) is 37.1 Å². The lowest BCUT2D eigenvalue weighted by molar-refractivity contribution is 1.23. The summed E-state index contributed by atoms with van der Waals surface area (Å²) in [5.41, 5.74) is 1.06. The molecule has 0 saturated heterocycles. The topological polar surface area (TPSA) is 25.2 Å². The summed E-state index contributed by atoms with van der Waals surface area (Å²) in [7, 11) is 0. The maximum atomic E-state index is 3.97. The average molecular weight is 148 g/mol. The quantitative estimate of drug-likeness (QED) is 0.443. The van der Waals surface area contributed by atoms with Crippen molar-refractivity contribution < 1.29 is 0 Å². The number of nitrogens with zero attached hydrogens (tertiary/aromatic N) is 2. The van der Waals surface area contributed by atoms with E-state index < -0.39 is 0 Å². The number of aliphatic imine (C=N–C) groups is 1. The minimum Gasteiger partial charge on any atom is -0.245 e. The summed E-state index contributed by atoms with van der Waals surface area (Å²) < 4.78 is 0. The molecule has 0 aliphatic rings. The molecular weight excluding hydrogens is 136 g/mol. The molecule has 2 nitrogen and oxygen atoms in total. The van der Waals surface area contributed by atoms with E-state index in [1.807, 2.05) is 19.1 Å². The van der Waals surface area contributed by atoms with Gasteiger partial charge in [-0.2, -0.15) is 0 Å². The first-order chi connectivity index (χ1) is 5.34. The fraction of sp³-hybridized carbons (Fsp3) is 0.111. The zero-order valence-electron chi connectivity index (χ0n) is 6.75. The van der Waals surface area contributed by atoms with Crippen LogP contribution in [-0.2, 0) is 0 Å². The van der Waals surface area contributed by atoms with Gasteiger partial charge in [-0.1, -0.05) is 6.07 Å². The molecule has 0 radical (unpaired) electrons. The fourth-order valence-electron chi connectivity index (χ4n) is 0.643. The summed E-state index contributed by atoms with van der Waals surface area (Å²) in [5, 5.41) is 0. The lowest BCUT2D eigenvalue weighted by atomic mass is 10.3.